The van der Waals surface area contributed by atoms with Crippen LogP contribution >= 0.6 is 23.2 Å². The van der Waals surface area contributed by atoms with Gasteiger partial charge < -0.3 is 4.90 Å². The topological polar surface area (TPSA) is 23.6 Å². The second-order valence-electron chi connectivity index (χ2n) is 6.19. The molecular formula is C20H19Cl2FN2O. The van der Waals surface area contributed by atoms with Crippen molar-refractivity contribution in [2.45, 2.75) is 6.54 Å². The molecule has 1 heterocycles. The summed E-state index contributed by atoms with van der Waals surface area (Å²) in [6.45, 7) is 3.49. The summed E-state index contributed by atoms with van der Waals surface area (Å²) in [5.74, 6) is -0.326. The van der Waals surface area contributed by atoms with E-state index in [1.54, 1.807) is 18.2 Å². The van der Waals surface area contributed by atoms with Gasteiger partial charge in [-0.3, -0.25) is 9.69 Å². The molecule has 0 aromatic heterocycles. The minimum atomic E-state index is -0.289. The van der Waals surface area contributed by atoms with Gasteiger partial charge in [0.1, 0.15) is 5.82 Å². The van der Waals surface area contributed by atoms with Gasteiger partial charge in [0.15, 0.2) is 0 Å². The number of carbonyl (C=O) groups excluding carboxylic acids is 1. The molecule has 2 aromatic carbocycles. The Kier molecular flexibility index (Phi) is 6.30. The number of halogens is 3. The number of carbonyl (C=O) groups is 1. The summed E-state index contributed by atoms with van der Waals surface area (Å²) in [7, 11) is 0. The fourth-order valence-electron chi connectivity index (χ4n) is 2.88. The molecule has 0 aliphatic carbocycles. The van der Waals surface area contributed by atoms with Crippen molar-refractivity contribution in [3.05, 3.63) is 75.5 Å². The van der Waals surface area contributed by atoms with Gasteiger partial charge in [0.05, 0.1) is 0 Å². The van der Waals surface area contributed by atoms with Gasteiger partial charge in [0.25, 0.3) is 0 Å². The Balaban J connectivity index is 1.53. The molecule has 0 saturated carbocycles. The average molecular weight is 393 g/mol. The van der Waals surface area contributed by atoms with Crippen molar-refractivity contribution in [2.24, 2.45) is 0 Å². The van der Waals surface area contributed by atoms with Crippen LogP contribution in [0.2, 0.25) is 10.0 Å². The van der Waals surface area contributed by atoms with E-state index in [2.05, 4.69) is 4.90 Å². The summed E-state index contributed by atoms with van der Waals surface area (Å²) in [4.78, 5) is 16.4. The zero-order chi connectivity index (χ0) is 18.5. The van der Waals surface area contributed by atoms with Gasteiger partial charge in [-0.2, -0.15) is 0 Å². The molecule has 3 nitrogen and oxygen atoms in total. The maximum Gasteiger partial charge on any atom is 0.246 e. The quantitative estimate of drug-likeness (QED) is 0.715. The van der Waals surface area contributed by atoms with E-state index in [1.807, 2.05) is 23.1 Å². The molecular weight excluding hydrogens is 374 g/mol. The number of hydrogen-bond donors (Lipinski definition) is 0. The van der Waals surface area contributed by atoms with Crippen LogP contribution in [-0.4, -0.2) is 41.9 Å². The number of piperazine rings is 1. The standard InChI is InChI=1S/C20H19Cl2FN2O/c21-18-2-1-3-19(22)17(18)14-24-10-12-25(13-11-24)20(26)9-6-15-4-7-16(23)8-5-15/h1-9H,10-14H2/b9-6+. The van der Waals surface area contributed by atoms with Crippen molar-refractivity contribution < 1.29 is 9.18 Å². The highest BCUT2D eigenvalue weighted by Gasteiger charge is 2.21. The highest BCUT2D eigenvalue weighted by molar-refractivity contribution is 6.35. The third-order valence-corrected chi connectivity index (χ3v) is 5.12. The van der Waals surface area contributed by atoms with Gasteiger partial charge in [-0.1, -0.05) is 41.4 Å². The minimum absolute atomic E-state index is 0.0373. The number of benzene rings is 2. The van der Waals surface area contributed by atoms with E-state index in [0.29, 0.717) is 29.7 Å². The van der Waals surface area contributed by atoms with E-state index in [-0.39, 0.29) is 11.7 Å². The first kappa shape index (κ1) is 18.9. The smallest absolute Gasteiger partial charge is 0.246 e. The molecule has 0 radical (unpaired) electrons. The normalized spacial score (nSPS) is 15.6. The number of rotatable bonds is 4. The number of amides is 1. The van der Waals surface area contributed by atoms with E-state index in [9.17, 15) is 9.18 Å². The molecule has 1 aliphatic heterocycles. The molecule has 136 valence electrons. The highest BCUT2D eigenvalue weighted by Crippen LogP contribution is 2.26. The molecule has 0 bridgehead atoms. The van der Waals surface area contributed by atoms with Gasteiger partial charge in [-0.05, 0) is 35.9 Å². The SMILES string of the molecule is O=C(/C=C/c1ccc(F)cc1)N1CCN(Cc2c(Cl)cccc2Cl)CC1. The Morgan fingerprint density at radius 1 is 1.00 bits per heavy atom. The Hall–Kier alpha value is -1.88. The monoisotopic (exact) mass is 392 g/mol. The third kappa shape index (κ3) is 4.85. The summed E-state index contributed by atoms with van der Waals surface area (Å²) in [5.41, 5.74) is 1.72. The van der Waals surface area contributed by atoms with Crippen molar-refractivity contribution in [1.82, 2.24) is 9.80 Å². The van der Waals surface area contributed by atoms with Crippen LogP contribution in [0.5, 0.6) is 0 Å². The van der Waals surface area contributed by atoms with Crippen LogP contribution in [0.25, 0.3) is 6.08 Å². The molecule has 6 heteroatoms. The molecule has 0 N–H and O–H groups in total. The predicted octanol–water partition coefficient (Wildman–Crippen LogP) is 4.49. The largest absolute Gasteiger partial charge is 0.337 e. The molecule has 1 fully saturated rings. The van der Waals surface area contributed by atoms with Crippen LogP contribution in [0.15, 0.2) is 48.5 Å². The van der Waals surface area contributed by atoms with Gasteiger partial charge in [-0.25, -0.2) is 4.39 Å². The van der Waals surface area contributed by atoms with Gasteiger partial charge in [0.2, 0.25) is 5.91 Å². The Bertz CT molecular complexity index is 780. The minimum Gasteiger partial charge on any atom is -0.337 e. The van der Waals surface area contributed by atoms with Gasteiger partial charge in [0, 0.05) is 54.4 Å². The molecule has 26 heavy (non-hydrogen) atoms. The predicted molar refractivity (Wildman–Crippen MR) is 104 cm³/mol. The first-order valence-corrected chi connectivity index (χ1v) is 9.16. The van der Waals surface area contributed by atoms with Crippen molar-refractivity contribution >= 4 is 35.2 Å². The molecule has 0 spiro atoms. The first-order valence-electron chi connectivity index (χ1n) is 8.41. The van der Waals surface area contributed by atoms with E-state index in [0.717, 1.165) is 24.2 Å². The van der Waals surface area contributed by atoms with Gasteiger partial charge >= 0.3 is 0 Å². The first-order chi connectivity index (χ1) is 12.5. The van der Waals surface area contributed by atoms with E-state index in [4.69, 9.17) is 23.2 Å². The summed E-state index contributed by atoms with van der Waals surface area (Å²) < 4.78 is 12.9. The number of hydrogen-bond acceptors (Lipinski definition) is 2. The zero-order valence-electron chi connectivity index (χ0n) is 14.2. The lowest BCUT2D eigenvalue weighted by molar-refractivity contribution is -0.127. The van der Waals surface area contributed by atoms with Crippen LogP contribution < -0.4 is 0 Å². The van der Waals surface area contributed by atoms with Crippen LogP contribution in [0.1, 0.15) is 11.1 Å². The van der Waals surface area contributed by atoms with Crippen molar-refractivity contribution in [1.29, 1.82) is 0 Å². The fourth-order valence-corrected chi connectivity index (χ4v) is 3.40. The molecule has 1 aliphatic rings. The molecule has 3 rings (SSSR count). The molecule has 1 saturated heterocycles. The summed E-state index contributed by atoms with van der Waals surface area (Å²) in [5, 5.41) is 1.33. The van der Waals surface area contributed by atoms with E-state index in [1.165, 1.54) is 18.2 Å². The second kappa shape index (κ2) is 8.67. The lowest BCUT2D eigenvalue weighted by atomic mass is 10.2. The maximum atomic E-state index is 12.9. The zero-order valence-corrected chi connectivity index (χ0v) is 15.7. The Morgan fingerprint density at radius 2 is 1.62 bits per heavy atom. The fraction of sp³-hybridized carbons (Fsp3) is 0.250. The van der Waals surface area contributed by atoms with Crippen molar-refractivity contribution in [3.63, 3.8) is 0 Å². The Labute approximate surface area is 162 Å². The summed E-state index contributed by atoms with van der Waals surface area (Å²) in [6, 6.07) is 11.5. The molecule has 0 unspecified atom stereocenters. The molecule has 0 atom stereocenters. The second-order valence-corrected chi connectivity index (χ2v) is 7.00. The summed E-state index contributed by atoms with van der Waals surface area (Å²) >= 11 is 12.5. The Morgan fingerprint density at radius 3 is 2.23 bits per heavy atom. The van der Waals surface area contributed by atoms with E-state index >= 15 is 0 Å². The van der Waals surface area contributed by atoms with Crippen molar-refractivity contribution in [3.8, 4) is 0 Å². The van der Waals surface area contributed by atoms with Crippen LogP contribution in [0.4, 0.5) is 4.39 Å². The van der Waals surface area contributed by atoms with Crippen LogP contribution in [0.3, 0.4) is 0 Å². The lowest BCUT2D eigenvalue weighted by Crippen LogP contribution is -2.47. The van der Waals surface area contributed by atoms with Crippen LogP contribution in [-0.2, 0) is 11.3 Å². The highest BCUT2D eigenvalue weighted by atomic mass is 35.5. The third-order valence-electron chi connectivity index (χ3n) is 4.42. The van der Waals surface area contributed by atoms with E-state index < -0.39 is 0 Å². The summed E-state index contributed by atoms with van der Waals surface area (Å²) in [6.07, 6.45) is 3.24. The average Bonchev–Trinajstić information content (AvgIpc) is 2.65. The van der Waals surface area contributed by atoms with Crippen LogP contribution in [0, 0.1) is 5.82 Å². The molecule has 2 aromatic rings. The van der Waals surface area contributed by atoms with Crippen molar-refractivity contribution in [2.75, 3.05) is 26.2 Å². The molecule has 1 amide bonds. The van der Waals surface area contributed by atoms with Gasteiger partial charge in [-0.15, -0.1) is 0 Å². The maximum absolute atomic E-state index is 12.9. The lowest BCUT2D eigenvalue weighted by Gasteiger charge is -2.34. The number of nitrogens with zero attached hydrogens (tertiary/aromatic N) is 2.